The monoisotopic (exact) mass is 319 g/mol. The van der Waals surface area contributed by atoms with E-state index in [-0.39, 0.29) is 24.3 Å². The van der Waals surface area contributed by atoms with Gasteiger partial charge in [0.2, 0.25) is 5.91 Å². The lowest BCUT2D eigenvalue weighted by Crippen LogP contribution is -2.49. The number of esters is 1. The summed E-state index contributed by atoms with van der Waals surface area (Å²) in [7, 11) is 0. The molecule has 1 amide bonds. The quantitative estimate of drug-likeness (QED) is 0.471. The van der Waals surface area contributed by atoms with Crippen LogP contribution < -0.4 is 0 Å². The average molecular weight is 319 g/mol. The van der Waals surface area contributed by atoms with Gasteiger partial charge in [0, 0.05) is 12.8 Å². The van der Waals surface area contributed by atoms with E-state index in [0.29, 0.717) is 23.5 Å². The maximum Gasteiger partial charge on any atom is 0.360 e. The Kier molecular flexibility index (Phi) is 4.22. The Bertz CT molecular complexity index is 628. The third-order valence-electron chi connectivity index (χ3n) is 3.91. The van der Waals surface area contributed by atoms with E-state index in [0.717, 1.165) is 5.56 Å². The van der Waals surface area contributed by atoms with E-state index in [4.69, 9.17) is 4.74 Å². The largest absolute Gasteiger partial charge is 0.612 e. The molecule has 2 aliphatic heterocycles. The molecule has 5 nitrogen and oxygen atoms in total. The van der Waals surface area contributed by atoms with Crippen LogP contribution in [0.3, 0.4) is 0 Å². The molecule has 1 saturated heterocycles. The van der Waals surface area contributed by atoms with Crippen LogP contribution in [0.1, 0.15) is 25.3 Å². The molecule has 0 aliphatic carbocycles. The van der Waals surface area contributed by atoms with Crippen LogP contribution in [0, 0.1) is 0 Å². The van der Waals surface area contributed by atoms with Gasteiger partial charge in [-0.15, -0.1) is 0 Å². The predicted octanol–water partition coefficient (Wildman–Crippen LogP) is 1.71. The first kappa shape index (κ1) is 15.1. The zero-order valence-electron chi connectivity index (χ0n) is 12.3. The fourth-order valence-electron chi connectivity index (χ4n) is 2.78. The van der Waals surface area contributed by atoms with Crippen LogP contribution in [0.5, 0.6) is 0 Å². The van der Waals surface area contributed by atoms with Gasteiger partial charge in [0.1, 0.15) is 12.4 Å². The number of hydrogen-bond donors (Lipinski definition) is 0. The summed E-state index contributed by atoms with van der Waals surface area (Å²) in [5.41, 5.74) is 1.08. The molecular weight excluding hydrogens is 302 g/mol. The van der Waals surface area contributed by atoms with Crippen molar-refractivity contribution >= 4 is 23.1 Å². The summed E-state index contributed by atoms with van der Waals surface area (Å²) < 4.78 is 17.4. The molecule has 3 rings (SSSR count). The minimum atomic E-state index is -1.23. The van der Waals surface area contributed by atoms with E-state index < -0.39 is 17.1 Å². The molecule has 2 atom stereocenters. The van der Waals surface area contributed by atoms with Crippen molar-refractivity contribution in [2.45, 2.75) is 32.4 Å². The molecule has 116 valence electrons. The number of nitrogens with zero attached hydrogens (tertiary/aromatic N) is 1. The Balaban J connectivity index is 1.77. The number of fused-ring (bicyclic) bond motifs is 1. The minimum absolute atomic E-state index is 0.0164. The fraction of sp³-hybridized carbons (Fsp3) is 0.375. The summed E-state index contributed by atoms with van der Waals surface area (Å²) in [4.78, 5) is 26.1. The summed E-state index contributed by atoms with van der Waals surface area (Å²) in [6.45, 7) is 1.94. The number of β-lactam (4-membered cyclic amide) rings is 1. The Hall–Kier alpha value is -1.79. The topological polar surface area (TPSA) is 69.7 Å². The van der Waals surface area contributed by atoms with Crippen LogP contribution in [0.4, 0.5) is 0 Å². The summed E-state index contributed by atoms with van der Waals surface area (Å²) >= 11 is -1.23. The molecule has 2 aliphatic rings. The van der Waals surface area contributed by atoms with Gasteiger partial charge < -0.3 is 9.29 Å². The molecule has 22 heavy (non-hydrogen) atoms. The van der Waals surface area contributed by atoms with Crippen molar-refractivity contribution in [3.63, 3.8) is 0 Å². The summed E-state index contributed by atoms with van der Waals surface area (Å²) in [6.07, 6.45) is 0.932. The van der Waals surface area contributed by atoms with Gasteiger partial charge >= 0.3 is 5.97 Å². The highest BCUT2D eigenvalue weighted by Crippen LogP contribution is 2.41. The minimum Gasteiger partial charge on any atom is -0.612 e. The van der Waals surface area contributed by atoms with Crippen molar-refractivity contribution < 1.29 is 18.9 Å². The molecule has 0 saturated carbocycles. The van der Waals surface area contributed by atoms with E-state index in [9.17, 15) is 14.1 Å². The first-order valence-electron chi connectivity index (χ1n) is 7.26. The van der Waals surface area contributed by atoms with Crippen molar-refractivity contribution in [1.82, 2.24) is 4.90 Å². The fourth-order valence-corrected chi connectivity index (χ4v) is 3.90. The SMILES string of the molecule is CC[S+]([O-])C1=C(C(=O)OCc2ccccc2)N2C(=O)CC2C1. The molecule has 0 spiro atoms. The van der Waals surface area contributed by atoms with E-state index in [1.807, 2.05) is 30.3 Å². The van der Waals surface area contributed by atoms with Gasteiger partial charge in [0.25, 0.3) is 0 Å². The van der Waals surface area contributed by atoms with Gasteiger partial charge in [-0.05, 0) is 23.7 Å². The standard InChI is InChI=1S/C16H17NO4S/c1-2-22(20)13-8-12-9-14(18)17(12)15(13)16(19)21-10-11-6-4-3-5-7-11/h3-7,12H,2,8-10H2,1H3. The van der Waals surface area contributed by atoms with Crippen LogP contribution in [-0.4, -0.2) is 33.1 Å². The molecule has 0 bridgehead atoms. The molecule has 1 aromatic carbocycles. The average Bonchev–Trinajstić information content (AvgIpc) is 2.85. The Labute approximate surface area is 132 Å². The lowest BCUT2D eigenvalue weighted by atomic mass is 10.0. The third-order valence-corrected chi connectivity index (χ3v) is 5.35. The molecule has 6 heteroatoms. The predicted molar refractivity (Wildman–Crippen MR) is 81.8 cm³/mol. The Morgan fingerprint density at radius 1 is 1.36 bits per heavy atom. The molecule has 1 aromatic rings. The van der Waals surface area contributed by atoms with E-state index in [2.05, 4.69) is 0 Å². The van der Waals surface area contributed by atoms with Gasteiger partial charge in [-0.1, -0.05) is 30.3 Å². The van der Waals surface area contributed by atoms with Gasteiger partial charge in [-0.25, -0.2) is 4.79 Å². The first-order valence-corrected chi connectivity index (χ1v) is 8.58. The molecule has 0 N–H and O–H groups in total. The van der Waals surface area contributed by atoms with Crippen LogP contribution in [0.2, 0.25) is 0 Å². The van der Waals surface area contributed by atoms with E-state index >= 15 is 0 Å². The van der Waals surface area contributed by atoms with Gasteiger partial charge in [-0.2, -0.15) is 0 Å². The lowest BCUT2D eigenvalue weighted by molar-refractivity contribution is -0.150. The Morgan fingerprint density at radius 3 is 2.73 bits per heavy atom. The molecule has 0 aromatic heterocycles. The number of carbonyl (C=O) groups is 2. The van der Waals surface area contributed by atoms with Crippen molar-refractivity contribution in [1.29, 1.82) is 0 Å². The molecule has 2 unspecified atom stereocenters. The lowest BCUT2D eigenvalue weighted by Gasteiger charge is -2.34. The van der Waals surface area contributed by atoms with Gasteiger partial charge in [0.15, 0.2) is 10.6 Å². The van der Waals surface area contributed by atoms with Gasteiger partial charge in [-0.3, -0.25) is 9.69 Å². The van der Waals surface area contributed by atoms with Crippen molar-refractivity contribution in [2.75, 3.05) is 5.75 Å². The zero-order chi connectivity index (χ0) is 15.7. The zero-order valence-corrected chi connectivity index (χ0v) is 13.1. The number of amides is 1. The molecular formula is C16H17NO4S. The maximum absolute atomic E-state index is 12.4. The summed E-state index contributed by atoms with van der Waals surface area (Å²) in [5, 5.41) is 0. The van der Waals surface area contributed by atoms with Gasteiger partial charge in [0.05, 0.1) is 6.04 Å². The highest BCUT2D eigenvalue weighted by molar-refractivity contribution is 7.95. The van der Waals surface area contributed by atoms with E-state index in [1.54, 1.807) is 6.92 Å². The van der Waals surface area contributed by atoms with Crippen LogP contribution in [-0.2, 0) is 32.1 Å². The second-order valence-corrected chi connectivity index (χ2v) is 7.05. The highest BCUT2D eigenvalue weighted by Gasteiger charge is 2.51. The van der Waals surface area contributed by atoms with Crippen molar-refractivity contribution in [3.8, 4) is 0 Å². The number of hydrogen-bond acceptors (Lipinski definition) is 4. The van der Waals surface area contributed by atoms with E-state index in [1.165, 1.54) is 4.90 Å². The number of rotatable bonds is 5. The third kappa shape index (κ3) is 2.64. The maximum atomic E-state index is 12.4. The first-order chi connectivity index (χ1) is 10.6. The molecule has 2 heterocycles. The smallest absolute Gasteiger partial charge is 0.360 e. The Morgan fingerprint density at radius 2 is 2.09 bits per heavy atom. The number of benzene rings is 1. The number of carbonyl (C=O) groups excluding carboxylic acids is 2. The summed E-state index contributed by atoms with van der Waals surface area (Å²) in [5.74, 6) is -0.226. The second-order valence-electron chi connectivity index (χ2n) is 5.29. The molecule has 0 radical (unpaired) electrons. The molecule has 1 fully saturated rings. The normalized spacial score (nSPS) is 21.5. The van der Waals surface area contributed by atoms with Crippen LogP contribution in [0.25, 0.3) is 0 Å². The number of ether oxygens (including phenoxy) is 1. The second kappa shape index (κ2) is 6.14. The van der Waals surface area contributed by atoms with Crippen LogP contribution >= 0.6 is 0 Å². The van der Waals surface area contributed by atoms with Crippen molar-refractivity contribution in [2.24, 2.45) is 0 Å². The highest BCUT2D eigenvalue weighted by atomic mass is 32.2. The summed E-state index contributed by atoms with van der Waals surface area (Å²) in [6, 6.07) is 9.32. The van der Waals surface area contributed by atoms with Crippen molar-refractivity contribution in [3.05, 3.63) is 46.5 Å². The van der Waals surface area contributed by atoms with Crippen LogP contribution in [0.15, 0.2) is 40.9 Å².